The number of aryl methyl sites for hydroxylation is 1. The molecule has 1 saturated heterocycles. The summed E-state index contributed by atoms with van der Waals surface area (Å²) in [7, 11) is 2.13. The van der Waals surface area contributed by atoms with Crippen molar-refractivity contribution in [1.82, 2.24) is 4.57 Å². The van der Waals surface area contributed by atoms with Crippen molar-refractivity contribution in [1.29, 1.82) is 0 Å². The van der Waals surface area contributed by atoms with E-state index in [4.69, 9.17) is 4.74 Å². The van der Waals surface area contributed by atoms with Gasteiger partial charge in [0.25, 0.3) is 0 Å². The summed E-state index contributed by atoms with van der Waals surface area (Å²) in [5, 5.41) is 0. The minimum atomic E-state index is 0.117. The number of nitrogens with zero attached hydrogens (tertiary/aromatic N) is 1. The molecule has 4 rings (SSSR count). The fourth-order valence-electron chi connectivity index (χ4n) is 3.48. The van der Waals surface area contributed by atoms with Crippen LogP contribution in [-0.2, 0) is 17.4 Å². The fourth-order valence-corrected chi connectivity index (χ4v) is 3.48. The first-order valence-corrected chi connectivity index (χ1v) is 6.04. The lowest BCUT2D eigenvalue weighted by Gasteiger charge is -2.24. The van der Waals surface area contributed by atoms with Gasteiger partial charge < -0.3 is 9.30 Å². The van der Waals surface area contributed by atoms with E-state index in [1.165, 1.54) is 37.8 Å². The van der Waals surface area contributed by atoms with Gasteiger partial charge in [-0.1, -0.05) is 0 Å². The largest absolute Gasteiger partial charge is 0.359 e. The highest BCUT2D eigenvalue weighted by Crippen LogP contribution is 2.67. The second kappa shape index (κ2) is 2.32. The Kier molecular flexibility index (Phi) is 1.30. The van der Waals surface area contributed by atoms with Gasteiger partial charge in [0.15, 0.2) is 0 Å². The van der Waals surface area contributed by atoms with Crippen LogP contribution < -0.4 is 0 Å². The van der Waals surface area contributed by atoms with E-state index in [9.17, 15) is 0 Å². The van der Waals surface area contributed by atoms with Gasteiger partial charge in [-0.3, -0.25) is 0 Å². The summed E-state index contributed by atoms with van der Waals surface area (Å²) >= 11 is 0. The van der Waals surface area contributed by atoms with E-state index in [0.29, 0.717) is 6.10 Å². The predicted octanol–water partition coefficient (Wildman–Crippen LogP) is 2.58. The van der Waals surface area contributed by atoms with Crippen LogP contribution in [0.2, 0.25) is 0 Å². The third-order valence-electron chi connectivity index (χ3n) is 4.80. The second-order valence-corrected chi connectivity index (χ2v) is 5.70. The molecule has 2 atom stereocenters. The molecule has 1 aromatic heterocycles. The van der Waals surface area contributed by atoms with E-state index < -0.39 is 0 Å². The van der Waals surface area contributed by atoms with Crippen molar-refractivity contribution in [2.75, 3.05) is 0 Å². The number of fused-ring (bicyclic) bond motifs is 1. The molecule has 0 amide bonds. The van der Waals surface area contributed by atoms with Crippen molar-refractivity contribution in [2.45, 2.75) is 43.8 Å². The number of hydrogen-bond acceptors (Lipinski definition) is 1. The van der Waals surface area contributed by atoms with E-state index >= 15 is 0 Å². The maximum atomic E-state index is 6.05. The Morgan fingerprint density at radius 1 is 1.33 bits per heavy atom. The van der Waals surface area contributed by atoms with Crippen LogP contribution in [-0.4, -0.2) is 10.7 Å². The molecule has 2 heterocycles. The van der Waals surface area contributed by atoms with Gasteiger partial charge in [0, 0.05) is 13.2 Å². The second-order valence-electron chi connectivity index (χ2n) is 5.70. The van der Waals surface area contributed by atoms with Gasteiger partial charge in [0.2, 0.25) is 0 Å². The topological polar surface area (TPSA) is 17.5 Å². The first kappa shape index (κ1) is 8.40. The highest BCUT2D eigenvalue weighted by molar-refractivity contribution is 5.27. The standard InChI is InChI=1S/C13H17NO/c1-14-8-2-3-10(14)13-7-6-12(4-5-12)9-11(13)15-13/h2-3,8,11H,4-7,9H2,1H3/t11-,13+/m1/s1. The Bertz CT molecular complexity index is 418. The maximum absolute atomic E-state index is 6.05. The predicted molar refractivity (Wildman–Crippen MR) is 57.5 cm³/mol. The molecule has 2 saturated carbocycles. The first-order valence-electron chi connectivity index (χ1n) is 6.04. The molecule has 3 aliphatic rings. The first-order chi connectivity index (χ1) is 7.24. The van der Waals surface area contributed by atoms with Crippen molar-refractivity contribution in [3.8, 4) is 0 Å². The lowest BCUT2D eigenvalue weighted by atomic mass is 9.78. The van der Waals surface area contributed by atoms with Crippen molar-refractivity contribution in [3.63, 3.8) is 0 Å². The Morgan fingerprint density at radius 2 is 2.13 bits per heavy atom. The molecule has 3 fully saturated rings. The zero-order chi connectivity index (χ0) is 10.1. The molecule has 0 radical (unpaired) electrons. The smallest absolute Gasteiger partial charge is 0.134 e. The zero-order valence-corrected chi connectivity index (χ0v) is 9.20. The lowest BCUT2D eigenvalue weighted by Crippen LogP contribution is -2.25. The van der Waals surface area contributed by atoms with Gasteiger partial charge in [-0.2, -0.15) is 0 Å². The molecular weight excluding hydrogens is 186 g/mol. The van der Waals surface area contributed by atoms with Gasteiger partial charge in [-0.05, 0) is 49.7 Å². The van der Waals surface area contributed by atoms with E-state index in [-0.39, 0.29) is 5.60 Å². The van der Waals surface area contributed by atoms with Gasteiger partial charge >= 0.3 is 0 Å². The normalized spacial score (nSPS) is 40.2. The molecule has 1 aromatic rings. The molecule has 0 aromatic carbocycles. The van der Waals surface area contributed by atoms with Gasteiger partial charge in [-0.15, -0.1) is 0 Å². The van der Waals surface area contributed by atoms with Crippen LogP contribution in [0, 0.1) is 5.41 Å². The lowest BCUT2D eigenvalue weighted by molar-refractivity contribution is 0.270. The SMILES string of the molecule is Cn1cccc1[C@@]12CCC3(CC3)C[C@H]1O2. The minimum absolute atomic E-state index is 0.117. The molecule has 1 aliphatic heterocycles. The van der Waals surface area contributed by atoms with E-state index in [0.717, 1.165) is 5.41 Å². The van der Waals surface area contributed by atoms with Gasteiger partial charge in [0.1, 0.15) is 5.60 Å². The van der Waals surface area contributed by atoms with Crippen molar-refractivity contribution in [2.24, 2.45) is 12.5 Å². The highest BCUT2D eigenvalue weighted by atomic mass is 16.6. The average molecular weight is 203 g/mol. The number of hydrogen-bond donors (Lipinski definition) is 0. The molecule has 2 heteroatoms. The maximum Gasteiger partial charge on any atom is 0.134 e. The van der Waals surface area contributed by atoms with E-state index in [1.807, 2.05) is 0 Å². The third kappa shape index (κ3) is 0.984. The molecule has 15 heavy (non-hydrogen) atoms. The number of rotatable bonds is 1. The van der Waals surface area contributed by atoms with Crippen LogP contribution in [0.25, 0.3) is 0 Å². The Balaban J connectivity index is 1.67. The summed E-state index contributed by atoms with van der Waals surface area (Å²) in [6.07, 6.45) is 9.51. The van der Waals surface area contributed by atoms with E-state index in [1.54, 1.807) is 0 Å². The molecule has 0 N–H and O–H groups in total. The summed E-state index contributed by atoms with van der Waals surface area (Å²) < 4.78 is 8.27. The fraction of sp³-hybridized carbons (Fsp3) is 0.692. The summed E-state index contributed by atoms with van der Waals surface area (Å²) in [4.78, 5) is 0. The monoisotopic (exact) mass is 203 g/mol. The minimum Gasteiger partial charge on any atom is -0.359 e. The molecule has 2 nitrogen and oxygen atoms in total. The van der Waals surface area contributed by atoms with Crippen LogP contribution in [0.15, 0.2) is 18.3 Å². The average Bonchev–Trinajstić information content (AvgIpc) is 3.10. The highest BCUT2D eigenvalue weighted by Gasteiger charge is 2.66. The Morgan fingerprint density at radius 3 is 2.73 bits per heavy atom. The van der Waals surface area contributed by atoms with Crippen LogP contribution >= 0.6 is 0 Å². The molecule has 0 bridgehead atoms. The van der Waals surface area contributed by atoms with Crippen molar-refractivity contribution in [3.05, 3.63) is 24.0 Å². The molecule has 80 valence electrons. The molecule has 1 spiro atoms. The van der Waals surface area contributed by atoms with Gasteiger partial charge in [-0.25, -0.2) is 0 Å². The molecule has 2 aliphatic carbocycles. The summed E-state index contributed by atoms with van der Waals surface area (Å²) in [6, 6.07) is 4.36. The van der Waals surface area contributed by atoms with E-state index in [2.05, 4.69) is 29.9 Å². The number of ether oxygens (including phenoxy) is 1. The zero-order valence-electron chi connectivity index (χ0n) is 9.20. The van der Waals surface area contributed by atoms with Gasteiger partial charge in [0.05, 0.1) is 11.8 Å². The molecular formula is C13H17NO. The Labute approximate surface area is 90.2 Å². The summed E-state index contributed by atoms with van der Waals surface area (Å²) in [6.45, 7) is 0. The van der Waals surface area contributed by atoms with Crippen LogP contribution in [0.5, 0.6) is 0 Å². The summed E-state index contributed by atoms with van der Waals surface area (Å²) in [5.74, 6) is 0. The summed E-state index contributed by atoms with van der Waals surface area (Å²) in [5.41, 5.74) is 2.23. The van der Waals surface area contributed by atoms with Crippen LogP contribution in [0.4, 0.5) is 0 Å². The van der Waals surface area contributed by atoms with Crippen LogP contribution in [0.1, 0.15) is 37.8 Å². The van der Waals surface area contributed by atoms with Crippen LogP contribution in [0.3, 0.4) is 0 Å². The van der Waals surface area contributed by atoms with Crippen molar-refractivity contribution < 1.29 is 4.74 Å². The van der Waals surface area contributed by atoms with Crippen molar-refractivity contribution >= 4 is 0 Å². The Hall–Kier alpha value is -0.760. The number of aromatic nitrogens is 1. The quantitative estimate of drug-likeness (QED) is 0.641. The third-order valence-corrected chi connectivity index (χ3v) is 4.80. The number of epoxide rings is 1. The molecule has 0 unspecified atom stereocenters.